The topological polar surface area (TPSA) is 47.3 Å². The lowest BCUT2D eigenvalue weighted by molar-refractivity contribution is 0.106. The summed E-state index contributed by atoms with van der Waals surface area (Å²) in [6.45, 7) is 2.02. The maximum Gasteiger partial charge on any atom is 0.101 e. The van der Waals surface area contributed by atoms with E-state index >= 15 is 0 Å². The zero-order valence-electron chi connectivity index (χ0n) is 11.1. The molecular weight excluding hydrogens is 224 g/mol. The molecule has 3 nitrogen and oxygen atoms in total. The SMILES string of the molecule is Cc1cccc(C#N)c1N(C)C1CCCCC1O. The second-order valence-corrected chi connectivity index (χ2v) is 5.11. The van der Waals surface area contributed by atoms with Crippen LogP contribution in [0.1, 0.15) is 36.8 Å². The summed E-state index contributed by atoms with van der Waals surface area (Å²) in [6, 6.07) is 8.14. The summed E-state index contributed by atoms with van der Waals surface area (Å²) in [5.41, 5.74) is 2.75. The van der Waals surface area contributed by atoms with Crippen LogP contribution in [0.25, 0.3) is 0 Å². The fourth-order valence-electron chi connectivity index (χ4n) is 2.93. The number of nitriles is 1. The fraction of sp³-hybridized carbons (Fsp3) is 0.533. The standard InChI is InChI=1S/C15H20N2O/c1-11-6-5-7-12(10-16)15(11)17(2)13-8-3-4-9-14(13)18/h5-7,13-14,18H,3-4,8-9H2,1-2H3. The molecule has 0 heterocycles. The average molecular weight is 244 g/mol. The molecule has 2 unspecified atom stereocenters. The van der Waals surface area contributed by atoms with Gasteiger partial charge in [0.1, 0.15) is 6.07 Å². The number of benzene rings is 1. The highest BCUT2D eigenvalue weighted by Crippen LogP contribution is 2.30. The van der Waals surface area contributed by atoms with Crippen molar-refractivity contribution in [3.63, 3.8) is 0 Å². The lowest BCUT2D eigenvalue weighted by Crippen LogP contribution is -2.44. The molecule has 1 aliphatic carbocycles. The molecule has 1 N–H and O–H groups in total. The van der Waals surface area contributed by atoms with E-state index in [2.05, 4.69) is 11.0 Å². The van der Waals surface area contributed by atoms with Gasteiger partial charge in [-0.2, -0.15) is 5.26 Å². The van der Waals surface area contributed by atoms with E-state index < -0.39 is 0 Å². The molecule has 0 aromatic heterocycles. The van der Waals surface area contributed by atoms with Gasteiger partial charge in [0, 0.05) is 7.05 Å². The van der Waals surface area contributed by atoms with Crippen LogP contribution in [0, 0.1) is 18.3 Å². The van der Waals surface area contributed by atoms with Crippen molar-refractivity contribution in [2.24, 2.45) is 0 Å². The Kier molecular flexibility index (Phi) is 3.88. The molecule has 2 rings (SSSR count). The molecule has 3 heteroatoms. The molecule has 1 saturated carbocycles. The number of hydrogen-bond donors (Lipinski definition) is 1. The summed E-state index contributed by atoms with van der Waals surface area (Å²) >= 11 is 0. The molecule has 1 fully saturated rings. The summed E-state index contributed by atoms with van der Waals surface area (Å²) < 4.78 is 0. The molecule has 0 saturated heterocycles. The zero-order chi connectivity index (χ0) is 13.1. The highest BCUT2D eigenvalue weighted by molar-refractivity contribution is 5.64. The Morgan fingerprint density at radius 1 is 1.33 bits per heavy atom. The summed E-state index contributed by atoms with van der Waals surface area (Å²) in [5, 5.41) is 19.3. The number of para-hydroxylation sites is 1. The molecule has 0 amide bonds. The molecule has 0 aliphatic heterocycles. The van der Waals surface area contributed by atoms with E-state index in [0.29, 0.717) is 5.56 Å². The van der Waals surface area contributed by atoms with Crippen molar-refractivity contribution in [1.82, 2.24) is 0 Å². The van der Waals surface area contributed by atoms with Crippen LogP contribution in [0.15, 0.2) is 18.2 Å². The number of aliphatic hydroxyl groups excluding tert-OH is 1. The first-order valence-electron chi connectivity index (χ1n) is 6.55. The first-order chi connectivity index (χ1) is 8.65. The predicted octanol–water partition coefficient (Wildman–Crippen LogP) is 2.61. The van der Waals surface area contributed by atoms with Crippen LogP contribution in [0.3, 0.4) is 0 Å². The molecule has 2 atom stereocenters. The first-order valence-corrected chi connectivity index (χ1v) is 6.55. The Bertz CT molecular complexity index is 464. The minimum Gasteiger partial charge on any atom is -0.391 e. The second kappa shape index (κ2) is 5.41. The van der Waals surface area contributed by atoms with E-state index in [9.17, 15) is 10.4 Å². The molecule has 0 radical (unpaired) electrons. The lowest BCUT2D eigenvalue weighted by Gasteiger charge is -2.37. The number of rotatable bonds is 2. The van der Waals surface area contributed by atoms with Gasteiger partial charge >= 0.3 is 0 Å². The van der Waals surface area contributed by atoms with Gasteiger partial charge in [-0.15, -0.1) is 0 Å². The molecular formula is C15H20N2O. The number of aryl methyl sites for hydroxylation is 1. The molecule has 18 heavy (non-hydrogen) atoms. The van der Waals surface area contributed by atoms with Gasteiger partial charge in [-0.25, -0.2) is 0 Å². The number of hydrogen-bond acceptors (Lipinski definition) is 3. The van der Waals surface area contributed by atoms with Gasteiger partial charge in [-0.1, -0.05) is 25.0 Å². The summed E-state index contributed by atoms with van der Waals surface area (Å²) in [7, 11) is 1.99. The fourth-order valence-corrected chi connectivity index (χ4v) is 2.93. The van der Waals surface area contributed by atoms with Crippen LogP contribution in [0.2, 0.25) is 0 Å². The van der Waals surface area contributed by atoms with Crippen molar-refractivity contribution in [2.45, 2.75) is 44.8 Å². The van der Waals surface area contributed by atoms with Crippen molar-refractivity contribution in [3.8, 4) is 6.07 Å². The van der Waals surface area contributed by atoms with Gasteiger partial charge in [-0.05, 0) is 31.4 Å². The molecule has 1 aromatic carbocycles. The molecule has 0 bridgehead atoms. The van der Waals surface area contributed by atoms with Gasteiger partial charge in [-0.3, -0.25) is 0 Å². The largest absolute Gasteiger partial charge is 0.391 e. The lowest BCUT2D eigenvalue weighted by atomic mass is 9.90. The minimum absolute atomic E-state index is 0.131. The van der Waals surface area contributed by atoms with Crippen LogP contribution >= 0.6 is 0 Å². The third kappa shape index (κ3) is 2.34. The third-order valence-corrected chi connectivity index (χ3v) is 3.90. The highest BCUT2D eigenvalue weighted by atomic mass is 16.3. The Morgan fingerprint density at radius 2 is 2.06 bits per heavy atom. The van der Waals surface area contributed by atoms with Crippen LogP contribution in [-0.2, 0) is 0 Å². The summed E-state index contributed by atoms with van der Waals surface area (Å²) in [5.74, 6) is 0. The van der Waals surface area contributed by atoms with Crippen LogP contribution in [0.4, 0.5) is 5.69 Å². The quantitative estimate of drug-likeness (QED) is 0.870. The summed E-state index contributed by atoms with van der Waals surface area (Å²) in [6.07, 6.45) is 3.83. The maximum atomic E-state index is 10.1. The van der Waals surface area contributed by atoms with Gasteiger partial charge in [0.15, 0.2) is 0 Å². The highest BCUT2D eigenvalue weighted by Gasteiger charge is 2.28. The monoisotopic (exact) mass is 244 g/mol. The molecule has 96 valence electrons. The Hall–Kier alpha value is -1.53. The van der Waals surface area contributed by atoms with Gasteiger partial charge in [0.25, 0.3) is 0 Å². The van der Waals surface area contributed by atoms with E-state index in [1.807, 2.05) is 32.2 Å². The number of anilines is 1. The van der Waals surface area contributed by atoms with E-state index in [4.69, 9.17) is 0 Å². The van der Waals surface area contributed by atoms with E-state index in [1.54, 1.807) is 0 Å². The van der Waals surface area contributed by atoms with Crippen molar-refractivity contribution in [1.29, 1.82) is 5.26 Å². The van der Waals surface area contributed by atoms with Gasteiger partial charge in [0.2, 0.25) is 0 Å². The zero-order valence-corrected chi connectivity index (χ0v) is 11.1. The summed E-state index contributed by atoms with van der Waals surface area (Å²) in [4.78, 5) is 2.09. The molecule has 1 aliphatic rings. The van der Waals surface area contributed by atoms with Crippen LogP contribution in [0.5, 0.6) is 0 Å². The number of aliphatic hydroxyl groups is 1. The Labute approximate surface area is 109 Å². The molecule has 1 aromatic rings. The van der Waals surface area contributed by atoms with Gasteiger partial charge < -0.3 is 10.0 Å². The smallest absolute Gasteiger partial charge is 0.101 e. The average Bonchev–Trinajstić information content (AvgIpc) is 2.38. The van der Waals surface area contributed by atoms with Gasteiger partial charge in [0.05, 0.1) is 23.4 Å². The predicted molar refractivity (Wildman–Crippen MR) is 72.6 cm³/mol. The molecule has 0 spiro atoms. The Balaban J connectivity index is 2.33. The van der Waals surface area contributed by atoms with E-state index in [0.717, 1.165) is 36.9 Å². The van der Waals surface area contributed by atoms with Crippen molar-refractivity contribution in [3.05, 3.63) is 29.3 Å². The normalized spacial score (nSPS) is 23.4. The minimum atomic E-state index is -0.283. The van der Waals surface area contributed by atoms with Crippen molar-refractivity contribution >= 4 is 5.69 Å². The van der Waals surface area contributed by atoms with E-state index in [-0.39, 0.29) is 12.1 Å². The van der Waals surface area contributed by atoms with Crippen LogP contribution in [-0.4, -0.2) is 24.3 Å². The van der Waals surface area contributed by atoms with E-state index in [1.165, 1.54) is 0 Å². The first kappa shape index (κ1) is 12.9. The third-order valence-electron chi connectivity index (χ3n) is 3.90. The maximum absolute atomic E-state index is 10.1. The van der Waals surface area contributed by atoms with Crippen LogP contribution < -0.4 is 4.90 Å². The number of nitrogens with zero attached hydrogens (tertiary/aromatic N) is 2. The van der Waals surface area contributed by atoms with Crippen molar-refractivity contribution < 1.29 is 5.11 Å². The second-order valence-electron chi connectivity index (χ2n) is 5.11. The Morgan fingerprint density at radius 3 is 2.72 bits per heavy atom. The van der Waals surface area contributed by atoms with Crippen molar-refractivity contribution in [2.75, 3.05) is 11.9 Å². The number of likely N-dealkylation sites (N-methyl/N-ethyl adjacent to an activating group) is 1.